The molecule has 1 aromatic rings. The van der Waals surface area contributed by atoms with Crippen LogP contribution in [0.4, 0.5) is 0 Å². The van der Waals surface area contributed by atoms with E-state index >= 15 is 0 Å². The number of carbonyl (C=O) groups excluding carboxylic acids is 1. The monoisotopic (exact) mass is 299 g/mol. The van der Waals surface area contributed by atoms with Gasteiger partial charge in [-0.15, -0.1) is 0 Å². The summed E-state index contributed by atoms with van der Waals surface area (Å²) in [6.45, 7) is 1.65. The maximum absolute atomic E-state index is 11.7. The number of aromatic nitrogens is 2. The lowest BCUT2D eigenvalue weighted by atomic mass is 10.1. The molecule has 0 fully saturated rings. The van der Waals surface area contributed by atoms with Crippen molar-refractivity contribution in [1.82, 2.24) is 15.5 Å². The van der Waals surface area contributed by atoms with E-state index in [1.807, 2.05) is 0 Å². The van der Waals surface area contributed by atoms with E-state index in [1.165, 1.54) is 0 Å². The molecule has 0 saturated heterocycles. The van der Waals surface area contributed by atoms with Gasteiger partial charge in [0.05, 0.1) is 0 Å². The highest BCUT2D eigenvalue weighted by atomic mass is 16.5. The molecule has 0 aliphatic heterocycles. The van der Waals surface area contributed by atoms with Crippen LogP contribution >= 0.6 is 0 Å². The summed E-state index contributed by atoms with van der Waals surface area (Å²) in [6, 6.07) is -1.10. The molecule has 116 valence electrons. The fraction of sp³-hybridized carbons (Fsp3) is 0.583. The molecule has 1 atom stereocenters. The highest BCUT2D eigenvalue weighted by Gasteiger charge is 2.20. The molecule has 0 unspecified atom stereocenters. The molecular weight excluding hydrogens is 282 g/mol. The third-order valence-corrected chi connectivity index (χ3v) is 2.65. The number of carbonyl (C=O) groups is 3. The van der Waals surface area contributed by atoms with Crippen molar-refractivity contribution in [3.05, 3.63) is 11.7 Å². The number of carboxylic acids is 2. The molecule has 0 bridgehead atoms. The minimum atomic E-state index is -1.19. The third kappa shape index (κ3) is 6.50. The summed E-state index contributed by atoms with van der Waals surface area (Å²) in [7, 11) is 0. The molecule has 9 heteroatoms. The highest BCUT2D eigenvalue weighted by molar-refractivity contribution is 5.83. The zero-order valence-electron chi connectivity index (χ0n) is 11.5. The first kappa shape index (κ1) is 16.6. The summed E-state index contributed by atoms with van der Waals surface area (Å²) in [6.07, 6.45) is 0.335. The number of carboxylic acid groups (broad SMARTS) is 2. The van der Waals surface area contributed by atoms with Gasteiger partial charge in [-0.3, -0.25) is 9.59 Å². The molecule has 0 spiro atoms. The topological polar surface area (TPSA) is 143 Å². The fourth-order valence-electron chi connectivity index (χ4n) is 1.64. The Kier molecular flexibility index (Phi) is 6.31. The molecule has 1 rings (SSSR count). The van der Waals surface area contributed by atoms with Crippen molar-refractivity contribution in [2.45, 2.75) is 45.1 Å². The van der Waals surface area contributed by atoms with Crippen molar-refractivity contribution in [2.24, 2.45) is 0 Å². The first-order chi connectivity index (χ1) is 9.88. The maximum atomic E-state index is 11.7. The molecule has 9 nitrogen and oxygen atoms in total. The Hall–Kier alpha value is -2.45. The van der Waals surface area contributed by atoms with Gasteiger partial charge in [0, 0.05) is 19.3 Å². The minimum absolute atomic E-state index is 0.0182. The van der Waals surface area contributed by atoms with Gasteiger partial charge >= 0.3 is 11.9 Å². The molecule has 1 aromatic heterocycles. The van der Waals surface area contributed by atoms with Crippen LogP contribution in [0.1, 0.15) is 37.4 Å². The second-order valence-electron chi connectivity index (χ2n) is 4.48. The number of hydrogen-bond donors (Lipinski definition) is 3. The molecule has 3 N–H and O–H groups in total. The number of aliphatic carboxylic acids is 2. The molecule has 0 aromatic carbocycles. The van der Waals surface area contributed by atoms with E-state index in [4.69, 9.17) is 14.7 Å². The van der Waals surface area contributed by atoms with Crippen molar-refractivity contribution in [2.75, 3.05) is 0 Å². The van der Waals surface area contributed by atoms with Crippen LogP contribution in [0.3, 0.4) is 0 Å². The van der Waals surface area contributed by atoms with Gasteiger partial charge < -0.3 is 20.1 Å². The van der Waals surface area contributed by atoms with Gasteiger partial charge in [-0.25, -0.2) is 4.79 Å². The van der Waals surface area contributed by atoms with Crippen LogP contribution in [-0.2, 0) is 20.8 Å². The highest BCUT2D eigenvalue weighted by Crippen LogP contribution is 2.04. The zero-order valence-corrected chi connectivity index (χ0v) is 11.5. The van der Waals surface area contributed by atoms with Crippen molar-refractivity contribution < 1.29 is 29.1 Å². The molecule has 1 heterocycles. The zero-order chi connectivity index (χ0) is 15.8. The van der Waals surface area contributed by atoms with E-state index < -0.39 is 23.9 Å². The standard InChI is InChI=1S/C12H17N3O6/c1-7-13-10(21-15-7)6-5-9(16)14-8(12(19)20)3-2-4-11(17)18/h8H,2-6H2,1H3,(H,14,16)(H,17,18)(H,19,20)/t8-/m1/s1. The number of hydrogen-bond acceptors (Lipinski definition) is 6. The number of rotatable bonds is 9. The Morgan fingerprint density at radius 2 is 2.00 bits per heavy atom. The van der Waals surface area contributed by atoms with Gasteiger partial charge in [0.25, 0.3) is 0 Å². The second-order valence-corrected chi connectivity index (χ2v) is 4.48. The van der Waals surface area contributed by atoms with Crippen LogP contribution in [0.15, 0.2) is 4.52 Å². The van der Waals surface area contributed by atoms with Crippen LogP contribution in [0.25, 0.3) is 0 Å². The predicted octanol–water partition coefficient (Wildman–Crippen LogP) is 0.135. The average molecular weight is 299 g/mol. The van der Waals surface area contributed by atoms with Crippen LogP contribution in [-0.4, -0.2) is 44.2 Å². The van der Waals surface area contributed by atoms with Crippen LogP contribution in [0.2, 0.25) is 0 Å². The normalized spacial score (nSPS) is 11.9. The maximum Gasteiger partial charge on any atom is 0.326 e. The van der Waals surface area contributed by atoms with Gasteiger partial charge in [-0.1, -0.05) is 5.16 Å². The van der Waals surface area contributed by atoms with Crippen LogP contribution in [0, 0.1) is 6.92 Å². The summed E-state index contributed by atoms with van der Waals surface area (Å²) < 4.78 is 4.84. The Labute approximate surface area is 120 Å². The van der Waals surface area contributed by atoms with Crippen LogP contribution < -0.4 is 5.32 Å². The molecule has 0 saturated carbocycles. The Balaban J connectivity index is 2.37. The molecule has 0 aliphatic carbocycles. The van der Waals surface area contributed by atoms with Crippen molar-refractivity contribution >= 4 is 17.8 Å². The Bertz CT molecular complexity index is 513. The average Bonchev–Trinajstić information content (AvgIpc) is 2.80. The smallest absolute Gasteiger partial charge is 0.326 e. The number of aryl methyl sites for hydroxylation is 2. The minimum Gasteiger partial charge on any atom is -0.481 e. The predicted molar refractivity (Wildman–Crippen MR) is 68.4 cm³/mol. The van der Waals surface area contributed by atoms with E-state index in [1.54, 1.807) is 6.92 Å². The first-order valence-corrected chi connectivity index (χ1v) is 6.41. The summed E-state index contributed by atoms with van der Waals surface area (Å²) in [4.78, 5) is 36.9. The van der Waals surface area contributed by atoms with Gasteiger partial charge in [-0.2, -0.15) is 4.98 Å². The Morgan fingerprint density at radius 1 is 1.29 bits per heavy atom. The third-order valence-electron chi connectivity index (χ3n) is 2.65. The lowest BCUT2D eigenvalue weighted by molar-refractivity contribution is -0.142. The SMILES string of the molecule is Cc1noc(CCC(=O)N[C@H](CCCC(=O)O)C(=O)O)n1. The lowest BCUT2D eigenvalue weighted by Gasteiger charge is -2.13. The number of nitrogens with zero attached hydrogens (tertiary/aromatic N) is 2. The van der Waals surface area contributed by atoms with Gasteiger partial charge in [0.2, 0.25) is 11.8 Å². The van der Waals surface area contributed by atoms with Gasteiger partial charge in [0.15, 0.2) is 5.82 Å². The molecule has 1 amide bonds. The molecule has 0 aliphatic rings. The largest absolute Gasteiger partial charge is 0.481 e. The molecular formula is C12H17N3O6. The summed E-state index contributed by atoms with van der Waals surface area (Å²) in [5, 5.41) is 23.4. The van der Waals surface area contributed by atoms with Gasteiger partial charge in [0.1, 0.15) is 6.04 Å². The Morgan fingerprint density at radius 3 is 2.52 bits per heavy atom. The summed E-state index contributed by atoms with van der Waals surface area (Å²) in [5.74, 6) is -1.89. The van der Waals surface area contributed by atoms with Crippen molar-refractivity contribution in [3.63, 3.8) is 0 Å². The van der Waals surface area contributed by atoms with Gasteiger partial charge in [-0.05, 0) is 19.8 Å². The van der Waals surface area contributed by atoms with E-state index in [2.05, 4.69) is 15.5 Å². The van der Waals surface area contributed by atoms with Crippen molar-refractivity contribution in [3.8, 4) is 0 Å². The summed E-state index contributed by atoms with van der Waals surface area (Å²) in [5.41, 5.74) is 0. The van der Waals surface area contributed by atoms with E-state index in [9.17, 15) is 14.4 Å². The van der Waals surface area contributed by atoms with E-state index in [-0.39, 0.29) is 32.1 Å². The second kappa shape index (κ2) is 7.98. The molecule has 21 heavy (non-hydrogen) atoms. The molecule has 0 radical (unpaired) electrons. The summed E-state index contributed by atoms with van der Waals surface area (Å²) >= 11 is 0. The lowest BCUT2D eigenvalue weighted by Crippen LogP contribution is -2.40. The van der Waals surface area contributed by atoms with Crippen molar-refractivity contribution in [1.29, 1.82) is 0 Å². The number of amides is 1. The van der Waals surface area contributed by atoms with Crippen LogP contribution in [0.5, 0.6) is 0 Å². The van der Waals surface area contributed by atoms with E-state index in [0.29, 0.717) is 11.7 Å². The first-order valence-electron chi connectivity index (χ1n) is 6.41. The fourth-order valence-corrected chi connectivity index (χ4v) is 1.64. The van der Waals surface area contributed by atoms with E-state index in [0.717, 1.165) is 0 Å². The number of nitrogens with one attached hydrogen (secondary N) is 1. The quantitative estimate of drug-likeness (QED) is 0.584.